The monoisotopic (exact) mass is 241 g/mol. The van der Waals surface area contributed by atoms with Crippen LogP contribution in [0.4, 0.5) is 6.01 Å². The van der Waals surface area contributed by atoms with E-state index >= 15 is 0 Å². The van der Waals surface area contributed by atoms with E-state index in [4.69, 9.17) is 9.26 Å². The van der Waals surface area contributed by atoms with Crippen LogP contribution < -0.4 is 5.32 Å². The van der Waals surface area contributed by atoms with E-state index in [0.717, 1.165) is 6.54 Å². The van der Waals surface area contributed by atoms with Gasteiger partial charge in [0.15, 0.2) is 0 Å². The molecule has 5 heteroatoms. The number of methoxy groups -OCH3 is 1. The van der Waals surface area contributed by atoms with Crippen LogP contribution in [0.3, 0.4) is 0 Å². The second-order valence-electron chi connectivity index (χ2n) is 5.71. The van der Waals surface area contributed by atoms with Crippen molar-refractivity contribution in [3.8, 4) is 0 Å². The zero-order chi connectivity index (χ0) is 13.1. The molecule has 5 nitrogen and oxygen atoms in total. The number of nitrogens with one attached hydrogen (secondary N) is 1. The lowest BCUT2D eigenvalue weighted by atomic mass is 9.88. The molecular formula is C12H23N3O2. The summed E-state index contributed by atoms with van der Waals surface area (Å²) >= 11 is 0. The second kappa shape index (κ2) is 5.49. The summed E-state index contributed by atoms with van der Waals surface area (Å²) < 4.78 is 10.6. The molecule has 0 radical (unpaired) electrons. The quantitative estimate of drug-likeness (QED) is 0.859. The molecule has 0 aliphatic rings. The van der Waals surface area contributed by atoms with E-state index in [9.17, 15) is 0 Å². The highest BCUT2D eigenvalue weighted by Crippen LogP contribution is 2.34. The molecule has 1 heterocycles. The molecule has 1 aromatic rings. The number of hydrogen-bond acceptors (Lipinski definition) is 5. The molecule has 0 saturated carbocycles. The number of anilines is 1. The van der Waals surface area contributed by atoms with Gasteiger partial charge < -0.3 is 14.6 Å². The Morgan fingerprint density at radius 2 is 2.00 bits per heavy atom. The van der Waals surface area contributed by atoms with Crippen LogP contribution in [0.5, 0.6) is 0 Å². The molecule has 0 aromatic carbocycles. The fourth-order valence-corrected chi connectivity index (χ4v) is 1.55. The third-order valence-electron chi connectivity index (χ3n) is 2.36. The minimum absolute atomic E-state index is 0.0616. The maximum atomic E-state index is 5.43. The summed E-state index contributed by atoms with van der Waals surface area (Å²) in [5.41, 5.74) is -0.0616. The molecule has 0 amide bonds. The smallest absolute Gasteiger partial charge is 0.321 e. The van der Waals surface area contributed by atoms with Gasteiger partial charge >= 0.3 is 6.01 Å². The normalized spacial score (nSPS) is 14.1. The third kappa shape index (κ3) is 4.00. The topological polar surface area (TPSA) is 60.2 Å². The Hall–Kier alpha value is -1.10. The molecule has 1 N–H and O–H groups in total. The molecule has 1 aromatic heterocycles. The third-order valence-corrected chi connectivity index (χ3v) is 2.36. The Kier molecular flexibility index (Phi) is 4.51. The van der Waals surface area contributed by atoms with E-state index in [0.29, 0.717) is 17.8 Å². The van der Waals surface area contributed by atoms with Crippen molar-refractivity contribution in [3.63, 3.8) is 0 Å². The van der Waals surface area contributed by atoms with Crippen LogP contribution in [0.15, 0.2) is 4.52 Å². The molecule has 1 unspecified atom stereocenters. The van der Waals surface area contributed by atoms with E-state index < -0.39 is 0 Å². The van der Waals surface area contributed by atoms with Crippen molar-refractivity contribution in [2.45, 2.75) is 40.7 Å². The highest BCUT2D eigenvalue weighted by molar-refractivity contribution is 5.19. The first kappa shape index (κ1) is 14.0. The SMILES string of the molecule is COC(c1noc(NCC(C)C)n1)C(C)(C)C. The molecule has 0 fully saturated rings. The Labute approximate surface area is 103 Å². The standard InChI is InChI=1S/C12H23N3O2/c1-8(2)7-13-11-14-10(15-17-11)9(16-6)12(3,4)5/h8-9H,7H2,1-6H3,(H,13,14,15). The van der Waals surface area contributed by atoms with Crippen molar-refractivity contribution >= 4 is 6.01 Å². The van der Waals surface area contributed by atoms with Crippen molar-refractivity contribution in [2.75, 3.05) is 19.0 Å². The molecule has 1 rings (SSSR count). The first-order valence-electron chi connectivity index (χ1n) is 5.95. The number of nitrogens with zero attached hydrogens (tertiary/aromatic N) is 2. The van der Waals surface area contributed by atoms with E-state index in [-0.39, 0.29) is 11.5 Å². The van der Waals surface area contributed by atoms with Gasteiger partial charge in [-0.3, -0.25) is 0 Å². The Balaban J connectivity index is 2.72. The van der Waals surface area contributed by atoms with E-state index in [2.05, 4.69) is 50.1 Å². The summed E-state index contributed by atoms with van der Waals surface area (Å²) in [6.07, 6.45) is -0.166. The van der Waals surface area contributed by atoms with E-state index in [1.807, 2.05) is 0 Å². The Bertz CT molecular complexity index is 342. The summed E-state index contributed by atoms with van der Waals surface area (Å²) in [4.78, 5) is 4.31. The summed E-state index contributed by atoms with van der Waals surface area (Å²) in [5.74, 6) is 1.12. The summed E-state index contributed by atoms with van der Waals surface area (Å²) in [5, 5.41) is 7.06. The van der Waals surface area contributed by atoms with Gasteiger partial charge in [0, 0.05) is 13.7 Å². The summed E-state index contributed by atoms with van der Waals surface area (Å²) in [7, 11) is 1.66. The first-order chi connectivity index (χ1) is 7.84. The first-order valence-corrected chi connectivity index (χ1v) is 5.95. The molecule has 0 spiro atoms. The molecule has 1 atom stereocenters. The maximum absolute atomic E-state index is 5.43. The minimum Gasteiger partial charge on any atom is -0.373 e. The zero-order valence-electron chi connectivity index (χ0n) is 11.6. The van der Waals surface area contributed by atoms with Gasteiger partial charge in [-0.25, -0.2) is 0 Å². The molecular weight excluding hydrogens is 218 g/mol. The largest absolute Gasteiger partial charge is 0.373 e. The van der Waals surface area contributed by atoms with Crippen LogP contribution in [-0.2, 0) is 4.74 Å². The molecule has 98 valence electrons. The number of ether oxygens (including phenoxy) is 1. The van der Waals surface area contributed by atoms with Gasteiger partial charge in [-0.05, 0) is 11.3 Å². The summed E-state index contributed by atoms with van der Waals surface area (Å²) in [6.45, 7) is 11.3. The van der Waals surface area contributed by atoms with Crippen LogP contribution in [0, 0.1) is 11.3 Å². The fourth-order valence-electron chi connectivity index (χ4n) is 1.55. The number of aromatic nitrogens is 2. The highest BCUT2D eigenvalue weighted by atomic mass is 16.5. The molecule has 17 heavy (non-hydrogen) atoms. The lowest BCUT2D eigenvalue weighted by Crippen LogP contribution is -2.21. The molecule has 0 aliphatic heterocycles. The van der Waals surface area contributed by atoms with Crippen LogP contribution in [0.25, 0.3) is 0 Å². The second-order valence-corrected chi connectivity index (χ2v) is 5.71. The van der Waals surface area contributed by atoms with Crippen molar-refractivity contribution in [3.05, 3.63) is 5.82 Å². The van der Waals surface area contributed by atoms with E-state index in [1.165, 1.54) is 0 Å². The zero-order valence-corrected chi connectivity index (χ0v) is 11.6. The average Bonchev–Trinajstić information content (AvgIpc) is 2.62. The maximum Gasteiger partial charge on any atom is 0.321 e. The van der Waals surface area contributed by atoms with Crippen LogP contribution in [0.1, 0.15) is 46.5 Å². The van der Waals surface area contributed by atoms with Gasteiger partial charge in [0.25, 0.3) is 0 Å². The van der Waals surface area contributed by atoms with Gasteiger partial charge in [0.05, 0.1) is 0 Å². The molecule has 0 bridgehead atoms. The van der Waals surface area contributed by atoms with Gasteiger partial charge in [0.1, 0.15) is 6.10 Å². The average molecular weight is 241 g/mol. The summed E-state index contributed by atoms with van der Waals surface area (Å²) in [6, 6.07) is 0.458. The van der Waals surface area contributed by atoms with Crippen LogP contribution in [0.2, 0.25) is 0 Å². The molecule has 0 aliphatic carbocycles. The van der Waals surface area contributed by atoms with Crippen LogP contribution >= 0.6 is 0 Å². The number of hydrogen-bond donors (Lipinski definition) is 1. The van der Waals surface area contributed by atoms with Gasteiger partial charge in [-0.2, -0.15) is 4.98 Å². The Morgan fingerprint density at radius 1 is 1.35 bits per heavy atom. The fraction of sp³-hybridized carbons (Fsp3) is 0.833. The van der Waals surface area contributed by atoms with Gasteiger partial charge in [0.2, 0.25) is 5.82 Å². The predicted molar refractivity (Wildman–Crippen MR) is 66.8 cm³/mol. The Morgan fingerprint density at radius 3 is 2.47 bits per heavy atom. The van der Waals surface area contributed by atoms with Crippen molar-refractivity contribution in [2.24, 2.45) is 11.3 Å². The van der Waals surface area contributed by atoms with Gasteiger partial charge in [-0.15, -0.1) is 0 Å². The van der Waals surface area contributed by atoms with Crippen LogP contribution in [-0.4, -0.2) is 23.8 Å². The van der Waals surface area contributed by atoms with Crippen molar-refractivity contribution in [1.82, 2.24) is 10.1 Å². The van der Waals surface area contributed by atoms with Gasteiger partial charge in [-0.1, -0.05) is 39.8 Å². The van der Waals surface area contributed by atoms with Crippen molar-refractivity contribution in [1.29, 1.82) is 0 Å². The lowest BCUT2D eigenvalue weighted by Gasteiger charge is -2.26. The van der Waals surface area contributed by atoms with E-state index in [1.54, 1.807) is 7.11 Å². The number of rotatable bonds is 5. The minimum atomic E-state index is -0.166. The lowest BCUT2D eigenvalue weighted by molar-refractivity contribution is 0.00718. The van der Waals surface area contributed by atoms with Crippen molar-refractivity contribution < 1.29 is 9.26 Å². The molecule has 0 saturated heterocycles. The highest BCUT2D eigenvalue weighted by Gasteiger charge is 2.30. The predicted octanol–water partition coefficient (Wildman–Crippen LogP) is 2.87.